The molecular weight excluding hydrogens is 194 g/mol. The van der Waals surface area contributed by atoms with E-state index in [9.17, 15) is 0 Å². The summed E-state index contributed by atoms with van der Waals surface area (Å²) in [4.78, 5) is 0. The van der Waals surface area contributed by atoms with Crippen LogP contribution < -0.4 is 5.32 Å². The second kappa shape index (κ2) is 7.54. The normalized spacial score (nSPS) is 19.2. The van der Waals surface area contributed by atoms with Crippen molar-refractivity contribution < 1.29 is 19.4 Å². The molecule has 13 heavy (non-hydrogen) atoms. The molecule has 1 saturated heterocycles. The lowest BCUT2D eigenvalue weighted by atomic mass is 10.1. The summed E-state index contributed by atoms with van der Waals surface area (Å²) >= 11 is 1.08. The molecule has 78 valence electrons. The Bertz CT molecular complexity index is 121. The molecule has 5 nitrogen and oxygen atoms in total. The summed E-state index contributed by atoms with van der Waals surface area (Å²) in [5.41, 5.74) is 0. The molecule has 1 aliphatic rings. The van der Waals surface area contributed by atoms with Crippen LogP contribution >= 0.6 is 12.0 Å². The highest BCUT2D eigenvalue weighted by Gasteiger charge is 2.11. The average molecular weight is 209 g/mol. The minimum absolute atomic E-state index is 0.560. The first-order chi connectivity index (χ1) is 6.43. The van der Waals surface area contributed by atoms with Crippen molar-refractivity contribution >= 4 is 12.0 Å². The maximum Gasteiger partial charge on any atom is 0.0480 e. The van der Waals surface area contributed by atoms with E-state index >= 15 is 0 Å². The topological polar surface area (TPSA) is 60.0 Å². The predicted octanol–water partition coefficient (Wildman–Crippen LogP) is 0.824. The maximum atomic E-state index is 7.83. The molecule has 0 saturated carbocycles. The molecule has 1 heterocycles. The van der Waals surface area contributed by atoms with Crippen molar-refractivity contribution in [3.8, 4) is 0 Å². The predicted molar refractivity (Wildman–Crippen MR) is 49.1 cm³/mol. The quantitative estimate of drug-likeness (QED) is 0.292. The van der Waals surface area contributed by atoms with Crippen molar-refractivity contribution in [1.29, 1.82) is 0 Å². The lowest BCUT2D eigenvalue weighted by Crippen LogP contribution is -2.36. The summed E-state index contributed by atoms with van der Waals surface area (Å²) < 4.78 is 9.45. The average Bonchev–Trinajstić information content (AvgIpc) is 2.19. The largest absolute Gasteiger partial charge is 0.381 e. The summed E-state index contributed by atoms with van der Waals surface area (Å²) in [7, 11) is 0. The highest BCUT2D eigenvalue weighted by molar-refractivity contribution is 7.94. The number of nitrogens with one attached hydrogen (secondary N) is 1. The van der Waals surface area contributed by atoms with Crippen LogP contribution in [0.25, 0.3) is 0 Å². The number of rotatable bonds is 6. The van der Waals surface area contributed by atoms with Crippen molar-refractivity contribution in [3.05, 3.63) is 0 Å². The lowest BCUT2D eigenvalue weighted by molar-refractivity contribution is -0.432. The number of hydrogen-bond acceptors (Lipinski definition) is 6. The fourth-order valence-corrected chi connectivity index (χ4v) is 1.57. The Morgan fingerprint density at radius 3 is 2.92 bits per heavy atom. The fourth-order valence-electron chi connectivity index (χ4n) is 1.26. The molecule has 0 spiro atoms. The standard InChI is InChI=1S/C7H15NO4S/c9-11-12-13-6-3-8-7-1-4-10-5-2-7/h7-9H,1-6H2. The first kappa shape index (κ1) is 11.2. The van der Waals surface area contributed by atoms with Crippen molar-refractivity contribution in [2.24, 2.45) is 0 Å². The van der Waals surface area contributed by atoms with Gasteiger partial charge < -0.3 is 10.1 Å². The van der Waals surface area contributed by atoms with Gasteiger partial charge in [-0.1, -0.05) is 5.04 Å². The fraction of sp³-hybridized carbons (Fsp3) is 1.00. The highest BCUT2D eigenvalue weighted by Crippen LogP contribution is 2.06. The highest BCUT2D eigenvalue weighted by atomic mass is 32.2. The van der Waals surface area contributed by atoms with Crippen LogP contribution in [-0.4, -0.2) is 36.8 Å². The van der Waals surface area contributed by atoms with Gasteiger partial charge in [0.1, 0.15) is 0 Å². The molecule has 0 atom stereocenters. The molecule has 2 N–H and O–H groups in total. The zero-order chi connectivity index (χ0) is 9.36. The van der Waals surface area contributed by atoms with Crippen molar-refractivity contribution in [2.75, 3.05) is 25.5 Å². The first-order valence-electron chi connectivity index (χ1n) is 4.34. The van der Waals surface area contributed by atoms with Crippen molar-refractivity contribution in [2.45, 2.75) is 18.9 Å². The molecule has 0 aromatic rings. The van der Waals surface area contributed by atoms with Gasteiger partial charge in [0.15, 0.2) is 0 Å². The van der Waals surface area contributed by atoms with Crippen LogP contribution in [0.4, 0.5) is 0 Å². The van der Waals surface area contributed by atoms with Gasteiger partial charge in [0, 0.05) is 43.6 Å². The Morgan fingerprint density at radius 1 is 1.46 bits per heavy atom. The van der Waals surface area contributed by atoms with E-state index in [0.717, 1.165) is 50.4 Å². The summed E-state index contributed by atoms with van der Waals surface area (Å²) in [5, 5.41) is 14.6. The van der Waals surface area contributed by atoms with Gasteiger partial charge >= 0.3 is 0 Å². The Hall–Kier alpha value is 0.150. The van der Waals surface area contributed by atoms with E-state index in [-0.39, 0.29) is 0 Å². The first-order valence-corrected chi connectivity index (χ1v) is 5.25. The van der Waals surface area contributed by atoms with Gasteiger partial charge in [-0.15, -0.1) is 4.33 Å². The summed E-state index contributed by atoms with van der Waals surface area (Å²) in [5.74, 6) is 0.748. The summed E-state index contributed by atoms with van der Waals surface area (Å²) in [6, 6.07) is 0.560. The molecule has 0 radical (unpaired) electrons. The minimum Gasteiger partial charge on any atom is -0.381 e. The summed E-state index contributed by atoms with van der Waals surface area (Å²) in [6.07, 6.45) is 2.14. The second-order valence-corrected chi connectivity index (χ2v) is 3.59. The van der Waals surface area contributed by atoms with Crippen LogP contribution in [0, 0.1) is 0 Å². The van der Waals surface area contributed by atoms with Crippen LogP contribution in [0.15, 0.2) is 0 Å². The van der Waals surface area contributed by atoms with Gasteiger partial charge in [-0.2, -0.15) is 0 Å². The molecule has 1 fully saturated rings. The molecule has 0 aromatic heterocycles. The molecule has 0 aromatic carbocycles. The molecule has 6 heteroatoms. The Balaban J connectivity index is 1.86. The van der Waals surface area contributed by atoms with Gasteiger partial charge in [0.05, 0.1) is 0 Å². The number of hydrogen-bond donors (Lipinski definition) is 2. The van der Waals surface area contributed by atoms with E-state index in [2.05, 4.69) is 14.7 Å². The Labute approximate surface area is 81.8 Å². The van der Waals surface area contributed by atoms with Gasteiger partial charge in [-0.05, 0) is 12.8 Å². The lowest BCUT2D eigenvalue weighted by Gasteiger charge is -2.22. The third-order valence-electron chi connectivity index (χ3n) is 1.92. The summed E-state index contributed by atoms with van der Waals surface area (Å²) in [6.45, 7) is 2.54. The maximum absolute atomic E-state index is 7.83. The van der Waals surface area contributed by atoms with Crippen LogP contribution in [-0.2, 0) is 14.1 Å². The smallest absolute Gasteiger partial charge is 0.0480 e. The van der Waals surface area contributed by atoms with Crippen molar-refractivity contribution in [3.63, 3.8) is 0 Å². The van der Waals surface area contributed by atoms with E-state index in [0.29, 0.717) is 6.04 Å². The number of ether oxygens (including phenoxy) is 1. The van der Waals surface area contributed by atoms with E-state index in [1.54, 1.807) is 0 Å². The van der Waals surface area contributed by atoms with Crippen LogP contribution in [0.1, 0.15) is 12.8 Å². The molecule has 1 rings (SSSR count). The third-order valence-corrected chi connectivity index (χ3v) is 2.45. The molecule has 0 amide bonds. The van der Waals surface area contributed by atoms with Gasteiger partial charge in [-0.3, -0.25) is 0 Å². The molecule has 1 aliphatic heterocycles. The van der Waals surface area contributed by atoms with Gasteiger partial charge in [0.25, 0.3) is 0 Å². The van der Waals surface area contributed by atoms with Crippen LogP contribution in [0.3, 0.4) is 0 Å². The second-order valence-electron chi connectivity index (χ2n) is 2.81. The van der Waals surface area contributed by atoms with Gasteiger partial charge in [0.2, 0.25) is 0 Å². The SMILES string of the molecule is OOOSCCNC1CCOCC1. The molecule has 0 aliphatic carbocycles. The molecule has 0 bridgehead atoms. The monoisotopic (exact) mass is 209 g/mol. The van der Waals surface area contributed by atoms with Gasteiger partial charge in [-0.25, -0.2) is 5.26 Å². The van der Waals surface area contributed by atoms with Crippen LogP contribution in [0.5, 0.6) is 0 Å². The third kappa shape index (κ3) is 5.45. The van der Waals surface area contributed by atoms with Crippen molar-refractivity contribution in [1.82, 2.24) is 5.32 Å². The molecular formula is C7H15NO4S. The van der Waals surface area contributed by atoms with E-state index in [1.807, 2.05) is 0 Å². The van der Waals surface area contributed by atoms with E-state index in [1.165, 1.54) is 0 Å². The zero-order valence-electron chi connectivity index (χ0n) is 7.40. The van der Waals surface area contributed by atoms with Crippen LogP contribution in [0.2, 0.25) is 0 Å². The Morgan fingerprint density at radius 2 is 2.23 bits per heavy atom. The minimum atomic E-state index is 0.560. The van der Waals surface area contributed by atoms with E-state index < -0.39 is 0 Å². The van der Waals surface area contributed by atoms with E-state index in [4.69, 9.17) is 9.99 Å². The zero-order valence-corrected chi connectivity index (χ0v) is 8.22. The Kier molecular flexibility index (Phi) is 6.51. The molecule has 0 unspecified atom stereocenters.